The average Bonchev–Trinajstić information content (AvgIpc) is 2.30. The molecule has 2 atom stereocenters. The Balaban J connectivity index is 2.12. The third-order valence-corrected chi connectivity index (χ3v) is 3.46. The zero-order valence-corrected chi connectivity index (χ0v) is 12.0. The minimum atomic E-state index is 0.651. The number of nitrogens with zero attached hydrogens (tertiary/aromatic N) is 1. The number of hydrogen-bond donors (Lipinski definition) is 1. The van der Waals surface area contributed by atoms with Crippen LogP contribution in [0.5, 0.6) is 0 Å². The lowest BCUT2D eigenvalue weighted by molar-refractivity contribution is 0.0837. The van der Waals surface area contributed by atoms with E-state index in [4.69, 9.17) is 4.74 Å². The second-order valence-electron chi connectivity index (χ2n) is 5.68. The average molecular weight is 242 g/mol. The van der Waals surface area contributed by atoms with E-state index in [1.807, 2.05) is 0 Å². The number of rotatable bonds is 7. The van der Waals surface area contributed by atoms with Crippen molar-refractivity contribution in [3.8, 4) is 0 Å². The van der Waals surface area contributed by atoms with Crippen molar-refractivity contribution in [2.45, 2.75) is 52.6 Å². The van der Waals surface area contributed by atoms with Gasteiger partial charge in [-0.15, -0.1) is 0 Å². The minimum Gasteiger partial charge on any atom is -0.381 e. The monoisotopic (exact) mass is 242 g/mol. The summed E-state index contributed by atoms with van der Waals surface area (Å²) in [6, 6.07) is 1.35. The fraction of sp³-hybridized carbons (Fsp3) is 1.00. The van der Waals surface area contributed by atoms with E-state index in [1.54, 1.807) is 0 Å². The van der Waals surface area contributed by atoms with Crippen molar-refractivity contribution in [3.05, 3.63) is 0 Å². The van der Waals surface area contributed by atoms with E-state index in [0.29, 0.717) is 18.0 Å². The Morgan fingerprint density at radius 2 is 2.18 bits per heavy atom. The summed E-state index contributed by atoms with van der Waals surface area (Å²) in [6.07, 6.45) is 2.39. The van der Waals surface area contributed by atoms with E-state index >= 15 is 0 Å². The zero-order chi connectivity index (χ0) is 12.7. The Hall–Kier alpha value is -0.120. The molecule has 1 saturated heterocycles. The molecule has 1 rings (SSSR count). The third-order valence-electron chi connectivity index (χ3n) is 3.46. The first-order valence-corrected chi connectivity index (χ1v) is 7.18. The van der Waals surface area contributed by atoms with Crippen LogP contribution in [0.2, 0.25) is 0 Å². The van der Waals surface area contributed by atoms with Crippen molar-refractivity contribution >= 4 is 0 Å². The summed E-state index contributed by atoms with van der Waals surface area (Å²) >= 11 is 0. The smallest absolute Gasteiger partial charge is 0.0489 e. The molecule has 0 spiro atoms. The molecule has 1 aliphatic heterocycles. The Morgan fingerprint density at radius 1 is 1.41 bits per heavy atom. The van der Waals surface area contributed by atoms with E-state index in [2.05, 4.69) is 37.9 Å². The second-order valence-corrected chi connectivity index (χ2v) is 5.68. The first-order chi connectivity index (χ1) is 8.13. The molecule has 1 heterocycles. The van der Waals surface area contributed by atoms with Crippen LogP contribution in [0, 0.1) is 5.92 Å². The Morgan fingerprint density at radius 3 is 2.82 bits per heavy atom. The summed E-state index contributed by atoms with van der Waals surface area (Å²) in [7, 11) is 0. The topological polar surface area (TPSA) is 24.5 Å². The van der Waals surface area contributed by atoms with Gasteiger partial charge >= 0.3 is 0 Å². The zero-order valence-electron chi connectivity index (χ0n) is 12.0. The maximum Gasteiger partial charge on any atom is 0.0489 e. The van der Waals surface area contributed by atoms with Gasteiger partial charge in [-0.1, -0.05) is 20.8 Å². The van der Waals surface area contributed by atoms with Gasteiger partial charge in [-0.3, -0.25) is 4.90 Å². The van der Waals surface area contributed by atoms with Gasteiger partial charge < -0.3 is 10.1 Å². The van der Waals surface area contributed by atoms with E-state index < -0.39 is 0 Å². The van der Waals surface area contributed by atoms with Gasteiger partial charge in [-0.2, -0.15) is 0 Å². The first-order valence-electron chi connectivity index (χ1n) is 7.18. The van der Waals surface area contributed by atoms with E-state index in [-0.39, 0.29) is 0 Å². The highest BCUT2D eigenvalue weighted by molar-refractivity contribution is 4.82. The normalized spacial score (nSPS) is 26.6. The molecule has 2 unspecified atom stereocenters. The van der Waals surface area contributed by atoms with Gasteiger partial charge in [0.2, 0.25) is 0 Å². The molecule has 1 N–H and O–H groups in total. The van der Waals surface area contributed by atoms with Crippen molar-refractivity contribution in [1.29, 1.82) is 0 Å². The molecule has 0 aliphatic carbocycles. The van der Waals surface area contributed by atoms with E-state index in [9.17, 15) is 0 Å². The molecular weight excluding hydrogens is 212 g/mol. The maximum absolute atomic E-state index is 5.63. The summed E-state index contributed by atoms with van der Waals surface area (Å²) in [5.41, 5.74) is 0. The number of piperazine rings is 1. The van der Waals surface area contributed by atoms with E-state index in [1.165, 1.54) is 19.5 Å². The molecule has 17 heavy (non-hydrogen) atoms. The molecule has 0 aromatic rings. The predicted octanol–water partition coefficient (Wildman–Crippen LogP) is 2.12. The molecule has 0 amide bonds. The Kier molecular flexibility index (Phi) is 7.09. The van der Waals surface area contributed by atoms with Crippen molar-refractivity contribution < 1.29 is 4.74 Å². The molecule has 3 nitrogen and oxygen atoms in total. The first kappa shape index (κ1) is 14.9. The number of nitrogens with one attached hydrogen (secondary N) is 1. The van der Waals surface area contributed by atoms with Gasteiger partial charge in [0, 0.05) is 44.9 Å². The molecule has 0 radical (unpaired) electrons. The summed E-state index contributed by atoms with van der Waals surface area (Å²) in [4.78, 5) is 2.60. The summed E-state index contributed by atoms with van der Waals surface area (Å²) in [5, 5.41) is 3.59. The fourth-order valence-electron chi connectivity index (χ4n) is 2.27. The van der Waals surface area contributed by atoms with Crippen molar-refractivity contribution in [2.75, 3.05) is 32.8 Å². The van der Waals surface area contributed by atoms with Crippen molar-refractivity contribution in [1.82, 2.24) is 10.2 Å². The summed E-state index contributed by atoms with van der Waals surface area (Å²) in [5.74, 6) is 0.651. The molecular formula is C14H30N2O. The Labute approximate surface area is 107 Å². The quantitative estimate of drug-likeness (QED) is 0.692. The lowest BCUT2D eigenvalue weighted by Gasteiger charge is -2.38. The third kappa shape index (κ3) is 5.84. The van der Waals surface area contributed by atoms with Gasteiger partial charge in [-0.25, -0.2) is 0 Å². The Bertz CT molecular complexity index is 197. The predicted molar refractivity (Wildman–Crippen MR) is 73.4 cm³/mol. The van der Waals surface area contributed by atoms with Crippen LogP contribution in [0.3, 0.4) is 0 Å². The van der Waals surface area contributed by atoms with Crippen LogP contribution in [0.15, 0.2) is 0 Å². The number of hydrogen-bond acceptors (Lipinski definition) is 3. The van der Waals surface area contributed by atoms with Gasteiger partial charge in [0.1, 0.15) is 0 Å². The van der Waals surface area contributed by atoms with Crippen molar-refractivity contribution in [3.63, 3.8) is 0 Å². The molecule has 3 heteroatoms. The molecule has 1 fully saturated rings. The van der Waals surface area contributed by atoms with Crippen LogP contribution >= 0.6 is 0 Å². The van der Waals surface area contributed by atoms with E-state index in [0.717, 1.165) is 26.2 Å². The highest BCUT2D eigenvalue weighted by Crippen LogP contribution is 2.09. The fourth-order valence-corrected chi connectivity index (χ4v) is 2.27. The van der Waals surface area contributed by atoms with Crippen LogP contribution in [0.4, 0.5) is 0 Å². The lowest BCUT2D eigenvalue weighted by atomic mass is 10.1. The molecule has 0 saturated carbocycles. The standard InChI is InChI=1S/C14H30N2O/c1-5-14-10-16(13(4)9-15-14)7-6-8-17-11-12(2)3/h12-15H,5-11H2,1-4H3. The summed E-state index contributed by atoms with van der Waals surface area (Å²) in [6.45, 7) is 14.3. The molecule has 0 aromatic heterocycles. The lowest BCUT2D eigenvalue weighted by Crippen LogP contribution is -2.55. The highest BCUT2D eigenvalue weighted by atomic mass is 16.5. The highest BCUT2D eigenvalue weighted by Gasteiger charge is 2.22. The molecule has 0 bridgehead atoms. The van der Waals surface area contributed by atoms with Gasteiger partial charge in [0.05, 0.1) is 0 Å². The molecule has 1 aliphatic rings. The van der Waals surface area contributed by atoms with Crippen LogP contribution < -0.4 is 5.32 Å². The van der Waals surface area contributed by atoms with Crippen molar-refractivity contribution in [2.24, 2.45) is 5.92 Å². The van der Waals surface area contributed by atoms with Crippen LogP contribution in [0.1, 0.15) is 40.5 Å². The van der Waals surface area contributed by atoms with Crippen LogP contribution in [-0.2, 0) is 4.74 Å². The largest absolute Gasteiger partial charge is 0.381 e. The van der Waals surface area contributed by atoms with Gasteiger partial charge in [0.15, 0.2) is 0 Å². The van der Waals surface area contributed by atoms with Crippen LogP contribution in [0.25, 0.3) is 0 Å². The molecule has 0 aromatic carbocycles. The SMILES string of the molecule is CCC1CN(CCCOCC(C)C)C(C)CN1. The van der Waals surface area contributed by atoms with Gasteiger partial charge in [0.25, 0.3) is 0 Å². The number of ether oxygens (including phenoxy) is 1. The van der Waals surface area contributed by atoms with Crippen LogP contribution in [-0.4, -0.2) is 49.8 Å². The maximum atomic E-state index is 5.63. The summed E-state index contributed by atoms with van der Waals surface area (Å²) < 4.78 is 5.63. The second kappa shape index (κ2) is 8.06. The molecule has 102 valence electrons. The minimum absolute atomic E-state index is 0.651. The van der Waals surface area contributed by atoms with Gasteiger partial charge in [-0.05, 0) is 25.7 Å².